The Morgan fingerprint density at radius 2 is 2.12 bits per heavy atom. The molecule has 0 amide bonds. The molecule has 3 rings (SSSR count). The zero-order valence-corrected chi connectivity index (χ0v) is 15.5. The Morgan fingerprint density at radius 3 is 2.92 bits per heavy atom. The zero-order valence-electron chi connectivity index (χ0n) is 15.5. The van der Waals surface area contributed by atoms with E-state index in [2.05, 4.69) is 23.3 Å². The predicted octanol–water partition coefficient (Wildman–Crippen LogP) is 4.23. The van der Waals surface area contributed by atoms with E-state index in [0.29, 0.717) is 19.8 Å². The molecule has 5 heteroatoms. The van der Waals surface area contributed by atoms with Crippen LogP contribution in [0.25, 0.3) is 11.0 Å². The molecule has 2 aromatic heterocycles. The fourth-order valence-corrected chi connectivity index (χ4v) is 2.88. The van der Waals surface area contributed by atoms with Crippen molar-refractivity contribution in [1.82, 2.24) is 10.3 Å². The van der Waals surface area contributed by atoms with Crippen LogP contribution < -0.4 is 10.1 Å². The molecule has 0 atom stereocenters. The number of aryl methyl sites for hydroxylation is 1. The first-order valence-corrected chi connectivity index (χ1v) is 9.10. The van der Waals surface area contributed by atoms with Crippen LogP contribution in [0.2, 0.25) is 0 Å². The minimum Gasteiger partial charge on any atom is -0.493 e. The molecule has 0 aliphatic rings. The van der Waals surface area contributed by atoms with Gasteiger partial charge in [0.25, 0.3) is 0 Å². The molecule has 0 unspecified atom stereocenters. The number of benzene rings is 1. The molecular weight excluding hydrogens is 328 g/mol. The smallest absolute Gasteiger partial charge is 0.138 e. The molecular formula is C21H26N2O3. The van der Waals surface area contributed by atoms with Gasteiger partial charge in [0.05, 0.1) is 12.0 Å². The van der Waals surface area contributed by atoms with Crippen LogP contribution in [0, 0.1) is 6.92 Å². The Balaban J connectivity index is 1.51. The number of hydrogen-bond donors (Lipinski definition) is 1. The zero-order chi connectivity index (χ0) is 18.2. The van der Waals surface area contributed by atoms with E-state index in [1.54, 1.807) is 6.20 Å². The van der Waals surface area contributed by atoms with Gasteiger partial charge in [-0.3, -0.25) is 4.98 Å². The second kappa shape index (κ2) is 9.36. The summed E-state index contributed by atoms with van der Waals surface area (Å²) in [5.74, 6) is 1.75. The largest absolute Gasteiger partial charge is 0.493 e. The highest BCUT2D eigenvalue weighted by atomic mass is 16.5. The van der Waals surface area contributed by atoms with Gasteiger partial charge in [-0.2, -0.15) is 0 Å². The summed E-state index contributed by atoms with van der Waals surface area (Å²) < 4.78 is 17.4. The maximum Gasteiger partial charge on any atom is 0.138 e. The van der Waals surface area contributed by atoms with Gasteiger partial charge in [0, 0.05) is 31.1 Å². The highest BCUT2D eigenvalue weighted by molar-refractivity contribution is 5.88. The Kier molecular flexibility index (Phi) is 6.63. The maximum atomic E-state index is 6.02. The number of furan rings is 1. The number of rotatable bonds is 10. The Hall–Kier alpha value is -2.37. The molecule has 0 radical (unpaired) electrons. The molecule has 1 aromatic carbocycles. The Bertz CT molecular complexity index is 815. The van der Waals surface area contributed by atoms with E-state index >= 15 is 0 Å². The van der Waals surface area contributed by atoms with Gasteiger partial charge < -0.3 is 19.2 Å². The molecule has 0 fully saturated rings. The first kappa shape index (κ1) is 18.4. The molecule has 0 bridgehead atoms. The third kappa shape index (κ3) is 4.62. The summed E-state index contributed by atoms with van der Waals surface area (Å²) in [6.45, 7) is 7.58. The Labute approximate surface area is 154 Å². The van der Waals surface area contributed by atoms with Crippen LogP contribution in [0.5, 0.6) is 5.75 Å². The van der Waals surface area contributed by atoms with Gasteiger partial charge in [0.2, 0.25) is 0 Å². The number of hydrogen-bond acceptors (Lipinski definition) is 5. The van der Waals surface area contributed by atoms with Crippen molar-refractivity contribution in [2.24, 2.45) is 0 Å². The predicted molar refractivity (Wildman–Crippen MR) is 102 cm³/mol. The van der Waals surface area contributed by atoms with Gasteiger partial charge in [-0.05, 0) is 50.6 Å². The van der Waals surface area contributed by atoms with E-state index in [1.165, 1.54) is 5.56 Å². The van der Waals surface area contributed by atoms with Crippen LogP contribution in [0.4, 0.5) is 0 Å². The second-order valence-corrected chi connectivity index (χ2v) is 6.16. The first-order valence-electron chi connectivity index (χ1n) is 9.10. The van der Waals surface area contributed by atoms with Gasteiger partial charge in [0.15, 0.2) is 0 Å². The van der Waals surface area contributed by atoms with E-state index < -0.39 is 0 Å². The third-order valence-corrected chi connectivity index (χ3v) is 4.26. The standard InChI is InChI=1S/C21H26N2O3/c1-3-24-15-20-16(2)21-18(8-4-9-19(21)26-20)25-12-6-11-23-14-17-7-5-10-22-13-17/h4-5,7-10,13,23H,3,6,11-12,14-15H2,1-2H3. The van der Waals surface area contributed by atoms with Crippen molar-refractivity contribution < 1.29 is 13.9 Å². The minimum atomic E-state index is 0.495. The number of nitrogens with zero attached hydrogens (tertiary/aromatic N) is 1. The molecule has 0 spiro atoms. The molecule has 0 aliphatic heterocycles. The van der Waals surface area contributed by atoms with Crippen molar-refractivity contribution in [2.75, 3.05) is 19.8 Å². The lowest BCUT2D eigenvalue weighted by atomic mass is 10.1. The number of nitrogens with one attached hydrogen (secondary N) is 1. The van der Waals surface area contributed by atoms with E-state index in [9.17, 15) is 0 Å². The number of fused-ring (bicyclic) bond motifs is 1. The molecule has 3 aromatic rings. The van der Waals surface area contributed by atoms with Gasteiger partial charge in [-0.25, -0.2) is 0 Å². The highest BCUT2D eigenvalue weighted by Crippen LogP contribution is 2.33. The topological polar surface area (TPSA) is 56.5 Å². The fourth-order valence-electron chi connectivity index (χ4n) is 2.88. The normalized spacial score (nSPS) is 11.2. The summed E-state index contributed by atoms with van der Waals surface area (Å²) in [5, 5.41) is 4.46. The van der Waals surface area contributed by atoms with Crippen LogP contribution in [0.1, 0.15) is 30.2 Å². The maximum absolute atomic E-state index is 6.02. The summed E-state index contributed by atoms with van der Waals surface area (Å²) in [5.41, 5.74) is 3.14. The van der Waals surface area contributed by atoms with Crippen LogP contribution in [-0.2, 0) is 17.9 Å². The van der Waals surface area contributed by atoms with E-state index in [1.807, 2.05) is 37.4 Å². The summed E-state index contributed by atoms with van der Waals surface area (Å²) in [4.78, 5) is 4.11. The van der Waals surface area contributed by atoms with Crippen molar-refractivity contribution in [1.29, 1.82) is 0 Å². The van der Waals surface area contributed by atoms with Gasteiger partial charge in [-0.1, -0.05) is 12.1 Å². The molecule has 0 saturated carbocycles. The molecule has 26 heavy (non-hydrogen) atoms. The minimum absolute atomic E-state index is 0.495. The van der Waals surface area contributed by atoms with Crippen LogP contribution in [0.3, 0.4) is 0 Å². The van der Waals surface area contributed by atoms with E-state index in [4.69, 9.17) is 13.9 Å². The van der Waals surface area contributed by atoms with Crippen molar-refractivity contribution in [3.63, 3.8) is 0 Å². The molecule has 2 heterocycles. The molecule has 0 aliphatic carbocycles. The van der Waals surface area contributed by atoms with Gasteiger partial charge in [-0.15, -0.1) is 0 Å². The quantitative estimate of drug-likeness (QED) is 0.552. The van der Waals surface area contributed by atoms with Crippen molar-refractivity contribution in [3.8, 4) is 5.75 Å². The highest BCUT2D eigenvalue weighted by Gasteiger charge is 2.14. The summed E-state index contributed by atoms with van der Waals surface area (Å²) >= 11 is 0. The number of aromatic nitrogens is 1. The molecule has 138 valence electrons. The van der Waals surface area contributed by atoms with Crippen molar-refractivity contribution in [3.05, 3.63) is 59.6 Å². The summed E-state index contributed by atoms with van der Waals surface area (Å²) in [6, 6.07) is 9.96. The van der Waals surface area contributed by atoms with Crippen molar-refractivity contribution in [2.45, 2.75) is 33.4 Å². The van der Waals surface area contributed by atoms with Gasteiger partial charge in [0.1, 0.15) is 23.7 Å². The molecule has 5 nitrogen and oxygen atoms in total. The van der Waals surface area contributed by atoms with Crippen molar-refractivity contribution >= 4 is 11.0 Å². The molecule has 1 N–H and O–H groups in total. The summed E-state index contributed by atoms with van der Waals surface area (Å²) in [7, 11) is 0. The van der Waals surface area contributed by atoms with Gasteiger partial charge >= 0.3 is 0 Å². The Morgan fingerprint density at radius 1 is 1.19 bits per heavy atom. The first-order chi connectivity index (χ1) is 12.8. The SMILES string of the molecule is CCOCc1oc2cccc(OCCCNCc3cccnc3)c2c1C. The average Bonchev–Trinajstić information content (AvgIpc) is 3.00. The second-order valence-electron chi connectivity index (χ2n) is 6.16. The van der Waals surface area contributed by atoms with E-state index in [-0.39, 0.29) is 0 Å². The summed E-state index contributed by atoms with van der Waals surface area (Å²) in [6.07, 6.45) is 4.60. The van der Waals surface area contributed by atoms with Crippen LogP contribution in [-0.4, -0.2) is 24.7 Å². The van der Waals surface area contributed by atoms with E-state index in [0.717, 1.165) is 47.6 Å². The fraction of sp³-hybridized carbons (Fsp3) is 0.381. The lowest BCUT2D eigenvalue weighted by molar-refractivity contribution is 0.119. The average molecular weight is 354 g/mol. The van der Waals surface area contributed by atoms with Crippen LogP contribution in [0.15, 0.2) is 47.1 Å². The number of ether oxygens (including phenoxy) is 2. The third-order valence-electron chi connectivity index (χ3n) is 4.26. The monoisotopic (exact) mass is 354 g/mol. The lowest BCUT2D eigenvalue weighted by Gasteiger charge is -2.08. The molecule has 0 saturated heterocycles. The lowest BCUT2D eigenvalue weighted by Crippen LogP contribution is -2.17. The van der Waals surface area contributed by atoms with Crippen LogP contribution >= 0.6 is 0 Å². The number of pyridine rings is 1.